The molecular weight excluding hydrogens is 212 g/mol. The molecule has 0 unspecified atom stereocenters. The third-order valence-corrected chi connectivity index (χ3v) is 2.62. The predicted octanol–water partition coefficient (Wildman–Crippen LogP) is 1.74. The molecular formula is C9H10N4OS. The van der Waals surface area contributed by atoms with E-state index in [0.717, 1.165) is 17.1 Å². The molecule has 0 radical (unpaired) electrons. The summed E-state index contributed by atoms with van der Waals surface area (Å²) < 4.78 is 0. The second-order valence-electron chi connectivity index (χ2n) is 3.14. The summed E-state index contributed by atoms with van der Waals surface area (Å²) in [6.45, 7) is 3.69. The number of carbonyl (C=O) groups is 1. The van der Waals surface area contributed by atoms with Gasteiger partial charge in [0.05, 0.1) is 22.6 Å². The van der Waals surface area contributed by atoms with Gasteiger partial charge < -0.3 is 5.32 Å². The molecule has 1 amide bonds. The Morgan fingerprint density at radius 3 is 2.87 bits per heavy atom. The van der Waals surface area contributed by atoms with Crippen molar-refractivity contribution in [2.75, 3.05) is 5.32 Å². The topological polar surface area (TPSA) is 70.7 Å². The summed E-state index contributed by atoms with van der Waals surface area (Å²) in [5.41, 5.74) is 4.41. The van der Waals surface area contributed by atoms with Crippen molar-refractivity contribution in [2.24, 2.45) is 0 Å². The maximum atomic E-state index is 11.7. The number of aryl methyl sites for hydroxylation is 2. The van der Waals surface area contributed by atoms with Crippen LogP contribution < -0.4 is 5.32 Å². The van der Waals surface area contributed by atoms with Gasteiger partial charge in [-0.2, -0.15) is 5.10 Å². The smallest absolute Gasteiger partial charge is 0.275 e. The normalized spacial score (nSPS) is 10.3. The van der Waals surface area contributed by atoms with E-state index in [9.17, 15) is 4.79 Å². The third kappa shape index (κ3) is 1.89. The molecule has 2 aromatic rings. The van der Waals surface area contributed by atoms with Gasteiger partial charge in [0.2, 0.25) is 0 Å². The summed E-state index contributed by atoms with van der Waals surface area (Å²) >= 11 is 1.39. The Labute approximate surface area is 90.6 Å². The molecule has 2 heterocycles. The minimum Gasteiger partial charge on any atom is -0.317 e. The van der Waals surface area contributed by atoms with Gasteiger partial charge in [0.1, 0.15) is 5.69 Å². The van der Waals surface area contributed by atoms with E-state index in [2.05, 4.69) is 20.5 Å². The number of hydrogen-bond acceptors (Lipinski definition) is 4. The fraction of sp³-hybridized carbons (Fsp3) is 0.222. The standard InChI is InChI=1S/C9H10N4OS/c1-5-8(6(2)13-12-5)11-9(14)7-3-15-4-10-7/h3-4H,1-2H3,(H,11,14)(H,12,13). The summed E-state index contributed by atoms with van der Waals surface area (Å²) in [6, 6.07) is 0. The van der Waals surface area contributed by atoms with Crippen LogP contribution in [0.15, 0.2) is 10.9 Å². The third-order valence-electron chi connectivity index (χ3n) is 2.03. The fourth-order valence-corrected chi connectivity index (χ4v) is 1.77. The van der Waals surface area contributed by atoms with Crippen LogP contribution in [0, 0.1) is 13.8 Å². The molecule has 0 bridgehead atoms. The highest BCUT2D eigenvalue weighted by molar-refractivity contribution is 7.07. The number of H-pyrrole nitrogens is 1. The second kappa shape index (κ2) is 3.82. The van der Waals surface area contributed by atoms with Crippen LogP contribution >= 0.6 is 11.3 Å². The zero-order chi connectivity index (χ0) is 10.8. The Kier molecular flexibility index (Phi) is 2.51. The summed E-state index contributed by atoms with van der Waals surface area (Å²) in [6.07, 6.45) is 0. The lowest BCUT2D eigenvalue weighted by molar-refractivity contribution is 0.102. The molecule has 2 N–H and O–H groups in total. The molecule has 0 saturated heterocycles. The molecule has 78 valence electrons. The largest absolute Gasteiger partial charge is 0.317 e. The molecule has 0 aromatic carbocycles. The summed E-state index contributed by atoms with van der Waals surface area (Å²) in [5.74, 6) is -0.205. The van der Waals surface area contributed by atoms with Gasteiger partial charge in [0.15, 0.2) is 0 Å². The number of carbonyl (C=O) groups excluding carboxylic acids is 1. The molecule has 0 spiro atoms. The molecule has 0 atom stereocenters. The van der Waals surface area contributed by atoms with Gasteiger partial charge >= 0.3 is 0 Å². The van der Waals surface area contributed by atoms with Crippen LogP contribution in [0.3, 0.4) is 0 Å². The highest BCUT2D eigenvalue weighted by Gasteiger charge is 2.12. The Morgan fingerprint density at radius 2 is 2.33 bits per heavy atom. The fourth-order valence-electron chi connectivity index (χ4n) is 1.24. The van der Waals surface area contributed by atoms with Crippen LogP contribution in [0.25, 0.3) is 0 Å². The van der Waals surface area contributed by atoms with E-state index in [0.29, 0.717) is 5.69 Å². The molecule has 5 nitrogen and oxygen atoms in total. The number of aromatic amines is 1. The number of anilines is 1. The number of amides is 1. The van der Waals surface area contributed by atoms with Crippen molar-refractivity contribution >= 4 is 22.9 Å². The van der Waals surface area contributed by atoms with Gasteiger partial charge in [-0.3, -0.25) is 9.89 Å². The predicted molar refractivity (Wildman–Crippen MR) is 58.1 cm³/mol. The molecule has 15 heavy (non-hydrogen) atoms. The number of hydrogen-bond donors (Lipinski definition) is 2. The van der Waals surface area contributed by atoms with Gasteiger partial charge in [-0.25, -0.2) is 4.98 Å². The SMILES string of the molecule is Cc1n[nH]c(C)c1NC(=O)c1cscn1. The van der Waals surface area contributed by atoms with Crippen LogP contribution in [0.4, 0.5) is 5.69 Å². The Hall–Kier alpha value is -1.69. The molecule has 0 saturated carbocycles. The van der Waals surface area contributed by atoms with E-state index in [-0.39, 0.29) is 5.91 Å². The molecule has 2 aromatic heterocycles. The molecule has 2 rings (SSSR count). The van der Waals surface area contributed by atoms with Crippen molar-refractivity contribution in [3.05, 3.63) is 28.0 Å². The zero-order valence-corrected chi connectivity index (χ0v) is 9.18. The Balaban J connectivity index is 2.20. The van der Waals surface area contributed by atoms with Crippen molar-refractivity contribution in [3.63, 3.8) is 0 Å². The van der Waals surface area contributed by atoms with E-state index in [1.807, 2.05) is 13.8 Å². The van der Waals surface area contributed by atoms with E-state index in [4.69, 9.17) is 0 Å². The van der Waals surface area contributed by atoms with Crippen LogP contribution in [-0.4, -0.2) is 21.1 Å². The Bertz CT molecular complexity index is 455. The summed E-state index contributed by atoms with van der Waals surface area (Å²) in [7, 11) is 0. The van der Waals surface area contributed by atoms with Gasteiger partial charge in [-0.05, 0) is 13.8 Å². The average molecular weight is 222 g/mol. The molecule has 0 fully saturated rings. The van der Waals surface area contributed by atoms with Crippen LogP contribution in [0.1, 0.15) is 21.9 Å². The van der Waals surface area contributed by atoms with Crippen LogP contribution in [0.2, 0.25) is 0 Å². The van der Waals surface area contributed by atoms with Crippen LogP contribution in [0.5, 0.6) is 0 Å². The quantitative estimate of drug-likeness (QED) is 0.813. The number of nitrogens with zero attached hydrogens (tertiary/aromatic N) is 2. The number of thiazole rings is 1. The van der Waals surface area contributed by atoms with E-state index >= 15 is 0 Å². The van der Waals surface area contributed by atoms with Crippen molar-refractivity contribution in [1.82, 2.24) is 15.2 Å². The highest BCUT2D eigenvalue weighted by Crippen LogP contribution is 2.17. The van der Waals surface area contributed by atoms with Crippen molar-refractivity contribution in [3.8, 4) is 0 Å². The Morgan fingerprint density at radius 1 is 1.53 bits per heavy atom. The van der Waals surface area contributed by atoms with Crippen molar-refractivity contribution in [2.45, 2.75) is 13.8 Å². The lowest BCUT2D eigenvalue weighted by atomic mass is 10.3. The minimum absolute atomic E-state index is 0.205. The molecule has 0 aliphatic heterocycles. The number of rotatable bonds is 2. The van der Waals surface area contributed by atoms with E-state index in [1.54, 1.807) is 10.9 Å². The first-order chi connectivity index (χ1) is 7.18. The zero-order valence-electron chi connectivity index (χ0n) is 8.37. The monoisotopic (exact) mass is 222 g/mol. The molecule has 0 aliphatic carbocycles. The van der Waals surface area contributed by atoms with Crippen molar-refractivity contribution in [1.29, 1.82) is 0 Å². The van der Waals surface area contributed by atoms with E-state index < -0.39 is 0 Å². The maximum absolute atomic E-state index is 11.7. The first-order valence-corrected chi connectivity index (χ1v) is 5.34. The molecule has 6 heteroatoms. The van der Waals surface area contributed by atoms with Crippen LogP contribution in [-0.2, 0) is 0 Å². The first kappa shape index (κ1) is 9.85. The summed E-state index contributed by atoms with van der Waals surface area (Å²) in [4.78, 5) is 15.6. The lowest BCUT2D eigenvalue weighted by Crippen LogP contribution is -2.13. The van der Waals surface area contributed by atoms with Gasteiger partial charge in [0, 0.05) is 5.38 Å². The van der Waals surface area contributed by atoms with Gasteiger partial charge in [-0.1, -0.05) is 0 Å². The second-order valence-corrected chi connectivity index (χ2v) is 3.86. The van der Waals surface area contributed by atoms with Crippen molar-refractivity contribution < 1.29 is 4.79 Å². The summed E-state index contributed by atoms with van der Waals surface area (Å²) in [5, 5.41) is 11.3. The van der Waals surface area contributed by atoms with E-state index in [1.165, 1.54) is 11.3 Å². The average Bonchev–Trinajstić information content (AvgIpc) is 2.82. The minimum atomic E-state index is -0.205. The van der Waals surface area contributed by atoms with Gasteiger partial charge in [-0.15, -0.1) is 11.3 Å². The first-order valence-electron chi connectivity index (χ1n) is 4.39. The highest BCUT2D eigenvalue weighted by atomic mass is 32.1. The number of aromatic nitrogens is 3. The lowest BCUT2D eigenvalue weighted by Gasteiger charge is -2.02. The number of nitrogens with one attached hydrogen (secondary N) is 2. The molecule has 0 aliphatic rings. The van der Waals surface area contributed by atoms with Gasteiger partial charge in [0.25, 0.3) is 5.91 Å². The maximum Gasteiger partial charge on any atom is 0.275 e.